The van der Waals surface area contributed by atoms with Crippen LogP contribution in [0.1, 0.15) is 66.9 Å². The molecular weight excluding hydrogens is 538 g/mol. The average molecular weight is 582 g/mol. The van der Waals surface area contributed by atoms with E-state index < -0.39 is 5.60 Å². The van der Waals surface area contributed by atoms with E-state index in [1.54, 1.807) is 4.52 Å². The van der Waals surface area contributed by atoms with Gasteiger partial charge in [0.25, 0.3) is 5.91 Å². The van der Waals surface area contributed by atoms with Crippen molar-refractivity contribution in [3.05, 3.63) is 83.6 Å². The highest BCUT2D eigenvalue weighted by atomic mass is 16.3. The summed E-state index contributed by atoms with van der Waals surface area (Å²) in [6, 6.07) is 20.3. The molecule has 9 nitrogen and oxygen atoms in total. The van der Waals surface area contributed by atoms with Gasteiger partial charge in [-0.25, -0.2) is 4.52 Å². The largest absolute Gasteiger partial charge is 0.385 e. The molecule has 2 aliphatic heterocycles. The number of amides is 1. The summed E-state index contributed by atoms with van der Waals surface area (Å²) in [5.74, 6) is 1.02. The highest BCUT2D eigenvalue weighted by Crippen LogP contribution is 2.36. The van der Waals surface area contributed by atoms with Crippen molar-refractivity contribution in [3.8, 4) is 0 Å². The topological polar surface area (TPSA) is 89.2 Å². The Morgan fingerprint density at radius 1 is 1.00 bits per heavy atom. The number of hydrogen-bond donors (Lipinski definition) is 2. The van der Waals surface area contributed by atoms with Crippen LogP contribution in [0.15, 0.2) is 66.9 Å². The highest BCUT2D eigenvalue weighted by molar-refractivity contribution is 5.94. The third-order valence-electron chi connectivity index (χ3n) is 9.33. The predicted molar refractivity (Wildman–Crippen MR) is 171 cm³/mol. The van der Waals surface area contributed by atoms with Gasteiger partial charge in [0, 0.05) is 43.6 Å². The van der Waals surface area contributed by atoms with Gasteiger partial charge in [-0.3, -0.25) is 4.79 Å². The molecule has 0 bridgehead atoms. The quantitative estimate of drug-likeness (QED) is 0.308. The van der Waals surface area contributed by atoms with Crippen LogP contribution in [0.3, 0.4) is 0 Å². The second-order valence-corrected chi connectivity index (χ2v) is 12.5. The van der Waals surface area contributed by atoms with E-state index in [0.29, 0.717) is 30.3 Å². The number of carbonyl (C=O) groups excluding carboxylic acids is 1. The minimum absolute atomic E-state index is 0.0533. The van der Waals surface area contributed by atoms with Crippen molar-refractivity contribution in [2.45, 2.75) is 57.1 Å². The molecule has 2 saturated heterocycles. The number of aromatic nitrogens is 3. The van der Waals surface area contributed by atoms with Crippen molar-refractivity contribution in [1.29, 1.82) is 0 Å². The van der Waals surface area contributed by atoms with Gasteiger partial charge in [0.1, 0.15) is 0 Å². The van der Waals surface area contributed by atoms with E-state index in [9.17, 15) is 9.90 Å². The monoisotopic (exact) mass is 581 g/mol. The minimum Gasteiger partial charge on any atom is -0.385 e. The molecule has 6 rings (SSSR count). The normalized spacial score (nSPS) is 17.9. The number of likely N-dealkylation sites (tertiary alicyclic amines) is 1. The number of piperidine rings is 2. The van der Waals surface area contributed by atoms with E-state index in [1.807, 2.05) is 48.5 Å². The summed E-state index contributed by atoms with van der Waals surface area (Å²) in [5.41, 5.74) is 4.71. The summed E-state index contributed by atoms with van der Waals surface area (Å²) in [4.78, 5) is 24.4. The molecule has 226 valence electrons. The number of benzene rings is 2. The first-order valence-electron chi connectivity index (χ1n) is 15.5. The zero-order valence-electron chi connectivity index (χ0n) is 25.7. The third-order valence-corrected chi connectivity index (χ3v) is 9.33. The zero-order valence-corrected chi connectivity index (χ0v) is 25.7. The molecule has 0 radical (unpaired) electrons. The lowest BCUT2D eigenvalue weighted by Crippen LogP contribution is -2.44. The highest BCUT2D eigenvalue weighted by Gasteiger charge is 2.35. The number of rotatable bonds is 7. The molecule has 0 saturated carbocycles. The Hall–Kier alpha value is -3.95. The maximum atomic E-state index is 13.1. The third kappa shape index (κ3) is 6.10. The number of fused-ring (bicyclic) bond motifs is 1. The molecule has 2 aromatic carbocycles. The van der Waals surface area contributed by atoms with E-state index in [-0.39, 0.29) is 11.9 Å². The molecule has 0 aliphatic carbocycles. The molecule has 43 heavy (non-hydrogen) atoms. The fourth-order valence-corrected chi connectivity index (χ4v) is 6.35. The Morgan fingerprint density at radius 3 is 2.33 bits per heavy atom. The van der Waals surface area contributed by atoms with Gasteiger partial charge >= 0.3 is 0 Å². The van der Waals surface area contributed by atoms with Crippen molar-refractivity contribution in [2.75, 3.05) is 50.5 Å². The molecule has 2 N–H and O–H groups in total. The van der Waals surface area contributed by atoms with Gasteiger partial charge < -0.3 is 25.1 Å². The summed E-state index contributed by atoms with van der Waals surface area (Å²) < 4.78 is 1.79. The molecule has 2 fully saturated rings. The van der Waals surface area contributed by atoms with Crippen LogP contribution in [0.2, 0.25) is 0 Å². The summed E-state index contributed by atoms with van der Waals surface area (Å²) in [6.07, 6.45) is 5.20. The van der Waals surface area contributed by atoms with Crippen molar-refractivity contribution >= 4 is 28.9 Å². The standard InChI is InChI=1S/C34H43N7O2/c1-24(2)25-7-11-27(12-8-25)34(43)17-22-40(23-18-34)30-6-5-19-41-31(30)36-33(37-41)35-28-13-9-26(10-14-28)32(42)39(4)29-15-20-38(3)21-16-29/h5-14,19,24,29,43H,15-18,20-23H2,1-4H3,(H,35,37). The molecule has 2 aliphatic rings. The lowest BCUT2D eigenvalue weighted by Gasteiger charge is -2.39. The lowest BCUT2D eigenvalue weighted by atomic mass is 9.83. The van der Waals surface area contributed by atoms with Crippen molar-refractivity contribution in [3.63, 3.8) is 0 Å². The van der Waals surface area contributed by atoms with E-state index in [0.717, 1.165) is 61.6 Å². The summed E-state index contributed by atoms with van der Waals surface area (Å²) in [5, 5.41) is 19.4. The van der Waals surface area contributed by atoms with Crippen LogP contribution in [0.4, 0.5) is 17.3 Å². The van der Waals surface area contributed by atoms with Gasteiger partial charge in [-0.15, -0.1) is 5.10 Å². The second-order valence-electron chi connectivity index (χ2n) is 12.5. The molecular formula is C34H43N7O2. The van der Waals surface area contributed by atoms with Crippen LogP contribution in [-0.4, -0.2) is 81.7 Å². The van der Waals surface area contributed by atoms with Crippen LogP contribution in [0.25, 0.3) is 5.65 Å². The van der Waals surface area contributed by atoms with Gasteiger partial charge in [-0.2, -0.15) is 4.98 Å². The van der Waals surface area contributed by atoms with E-state index >= 15 is 0 Å². The number of aliphatic hydroxyl groups is 1. The summed E-state index contributed by atoms with van der Waals surface area (Å²) in [7, 11) is 4.04. The van der Waals surface area contributed by atoms with E-state index in [1.165, 1.54) is 5.56 Å². The average Bonchev–Trinajstić information content (AvgIpc) is 3.44. The lowest BCUT2D eigenvalue weighted by molar-refractivity contribution is 0.0118. The SMILES string of the molecule is CC(C)c1ccc(C2(O)CCN(c3cccn4nc(Nc5ccc(C(=O)N(C)C6CCN(C)CC6)cc5)nc34)CC2)cc1. The van der Waals surface area contributed by atoms with Crippen molar-refractivity contribution in [2.24, 2.45) is 0 Å². The maximum absolute atomic E-state index is 13.1. The first-order valence-corrected chi connectivity index (χ1v) is 15.5. The van der Waals surface area contributed by atoms with Crippen LogP contribution in [0, 0.1) is 0 Å². The first-order chi connectivity index (χ1) is 20.7. The Balaban J connectivity index is 1.11. The van der Waals surface area contributed by atoms with Gasteiger partial charge in [-0.1, -0.05) is 38.1 Å². The minimum atomic E-state index is -0.826. The van der Waals surface area contributed by atoms with Gasteiger partial charge in [0.2, 0.25) is 5.95 Å². The van der Waals surface area contributed by atoms with Crippen LogP contribution in [-0.2, 0) is 5.60 Å². The molecule has 1 amide bonds. The number of hydrogen-bond acceptors (Lipinski definition) is 7. The summed E-state index contributed by atoms with van der Waals surface area (Å²) in [6.45, 7) is 7.85. The predicted octanol–water partition coefficient (Wildman–Crippen LogP) is 5.25. The molecule has 9 heteroatoms. The Morgan fingerprint density at radius 2 is 1.67 bits per heavy atom. The second kappa shape index (κ2) is 12.0. The number of anilines is 3. The molecule has 0 atom stereocenters. The van der Waals surface area contributed by atoms with Crippen LogP contribution < -0.4 is 10.2 Å². The van der Waals surface area contributed by atoms with Gasteiger partial charge in [0.05, 0.1) is 11.3 Å². The molecule has 2 aromatic heterocycles. The van der Waals surface area contributed by atoms with E-state index in [4.69, 9.17) is 4.98 Å². The first kappa shape index (κ1) is 29.1. The Bertz CT molecular complexity index is 1550. The smallest absolute Gasteiger partial charge is 0.253 e. The zero-order chi connectivity index (χ0) is 30.1. The van der Waals surface area contributed by atoms with Gasteiger partial charge in [0.15, 0.2) is 5.65 Å². The number of pyridine rings is 1. The van der Waals surface area contributed by atoms with Gasteiger partial charge in [-0.05, 0) is 99.3 Å². The molecule has 4 aromatic rings. The van der Waals surface area contributed by atoms with Crippen LogP contribution >= 0.6 is 0 Å². The van der Waals surface area contributed by atoms with E-state index in [2.05, 4.69) is 71.4 Å². The fraction of sp³-hybridized carbons (Fsp3) is 0.441. The molecule has 0 unspecified atom stereocenters. The number of carbonyl (C=O) groups is 1. The molecule has 0 spiro atoms. The Kier molecular flexibility index (Phi) is 8.11. The van der Waals surface area contributed by atoms with Crippen LogP contribution in [0.5, 0.6) is 0 Å². The molecule has 4 heterocycles. The fourth-order valence-electron chi connectivity index (χ4n) is 6.35. The maximum Gasteiger partial charge on any atom is 0.253 e. The van der Waals surface area contributed by atoms with Crippen molar-refractivity contribution in [1.82, 2.24) is 24.4 Å². The van der Waals surface area contributed by atoms with Crippen molar-refractivity contribution < 1.29 is 9.90 Å². The summed E-state index contributed by atoms with van der Waals surface area (Å²) >= 11 is 0. The number of nitrogens with one attached hydrogen (secondary N) is 1. The Labute approximate surface area is 254 Å². The number of nitrogens with zero attached hydrogens (tertiary/aromatic N) is 6.